The van der Waals surface area contributed by atoms with Crippen LogP contribution in [-0.2, 0) is 4.79 Å². The van der Waals surface area contributed by atoms with Crippen LogP contribution in [0.5, 0.6) is 11.5 Å². The molecule has 0 fully saturated rings. The fourth-order valence-corrected chi connectivity index (χ4v) is 1.22. The van der Waals surface area contributed by atoms with Crippen LogP contribution in [0.4, 0.5) is 0 Å². The Kier molecular flexibility index (Phi) is 4.33. The highest BCUT2D eigenvalue weighted by Gasteiger charge is 2.12. The number of hydrogen-bond acceptors (Lipinski definition) is 4. The fraction of sp³-hybridized carbons (Fsp3) is 0.273. The van der Waals surface area contributed by atoms with Crippen LogP contribution < -0.4 is 15.2 Å². The molecule has 92 valence electrons. The summed E-state index contributed by atoms with van der Waals surface area (Å²) >= 11 is 0. The molecule has 0 atom stereocenters. The number of benzene rings is 1. The van der Waals surface area contributed by atoms with Gasteiger partial charge >= 0.3 is 5.97 Å². The maximum atomic E-state index is 11.1. The number of carboxylic acids is 1. The molecular weight excluding hydrogens is 226 g/mol. The minimum Gasteiger partial charge on any atom is -0.494 e. The van der Waals surface area contributed by atoms with Gasteiger partial charge in [-0.25, -0.2) is 4.79 Å². The van der Waals surface area contributed by atoms with Crippen LogP contribution in [0.1, 0.15) is 17.3 Å². The van der Waals surface area contributed by atoms with Gasteiger partial charge in [0, 0.05) is 6.07 Å². The molecule has 6 nitrogen and oxygen atoms in total. The molecule has 3 N–H and O–H groups in total. The van der Waals surface area contributed by atoms with Gasteiger partial charge in [-0.2, -0.15) is 0 Å². The van der Waals surface area contributed by atoms with Gasteiger partial charge in [0.1, 0.15) is 11.5 Å². The van der Waals surface area contributed by atoms with Gasteiger partial charge in [0.05, 0.1) is 12.2 Å². The molecule has 0 unspecified atom stereocenters. The normalized spacial score (nSPS) is 9.71. The Morgan fingerprint density at radius 3 is 2.59 bits per heavy atom. The third-order valence-electron chi connectivity index (χ3n) is 1.88. The van der Waals surface area contributed by atoms with E-state index in [0.29, 0.717) is 12.4 Å². The number of nitrogens with two attached hydrogens (primary N) is 1. The molecule has 1 aromatic carbocycles. The molecule has 6 heteroatoms. The Morgan fingerprint density at radius 2 is 2.06 bits per heavy atom. The Balaban J connectivity index is 2.98. The number of amides is 1. The first kappa shape index (κ1) is 12.8. The summed E-state index contributed by atoms with van der Waals surface area (Å²) in [5.74, 6) is -1.24. The summed E-state index contributed by atoms with van der Waals surface area (Å²) in [6.45, 7) is 1.71. The lowest BCUT2D eigenvalue weighted by Crippen LogP contribution is -2.16. The summed E-state index contributed by atoms with van der Waals surface area (Å²) in [6, 6.07) is 4.44. The molecule has 0 saturated heterocycles. The summed E-state index contributed by atoms with van der Waals surface area (Å²) in [7, 11) is 0. The molecule has 0 bridgehead atoms. The first-order chi connectivity index (χ1) is 8.04. The molecule has 0 heterocycles. The SMILES string of the molecule is CCOc1ccc(C(N)=O)c(OCC(=O)O)c1. The molecule has 1 amide bonds. The van der Waals surface area contributed by atoms with E-state index in [0.717, 1.165) is 0 Å². The zero-order valence-electron chi connectivity index (χ0n) is 9.30. The molecule has 0 aromatic heterocycles. The largest absolute Gasteiger partial charge is 0.494 e. The average Bonchev–Trinajstić information content (AvgIpc) is 2.26. The van der Waals surface area contributed by atoms with Crippen LogP contribution in [0.15, 0.2) is 18.2 Å². The van der Waals surface area contributed by atoms with Crippen molar-refractivity contribution in [2.45, 2.75) is 6.92 Å². The first-order valence-electron chi connectivity index (χ1n) is 4.95. The summed E-state index contributed by atoms with van der Waals surface area (Å²) in [5, 5.41) is 8.50. The Morgan fingerprint density at radius 1 is 1.35 bits per heavy atom. The highest BCUT2D eigenvalue weighted by molar-refractivity contribution is 5.95. The van der Waals surface area contributed by atoms with Gasteiger partial charge in [-0.05, 0) is 19.1 Å². The van der Waals surface area contributed by atoms with Crippen LogP contribution in [0.3, 0.4) is 0 Å². The van der Waals surface area contributed by atoms with Crippen LogP contribution in [0.25, 0.3) is 0 Å². The maximum absolute atomic E-state index is 11.1. The summed E-state index contributed by atoms with van der Waals surface area (Å²) in [4.78, 5) is 21.5. The van der Waals surface area contributed by atoms with Crippen molar-refractivity contribution in [3.63, 3.8) is 0 Å². The van der Waals surface area contributed by atoms with Crippen molar-refractivity contribution in [1.82, 2.24) is 0 Å². The van der Waals surface area contributed by atoms with Crippen molar-refractivity contribution in [2.24, 2.45) is 5.73 Å². The zero-order valence-corrected chi connectivity index (χ0v) is 9.30. The maximum Gasteiger partial charge on any atom is 0.341 e. The number of primary amides is 1. The van der Waals surface area contributed by atoms with E-state index in [2.05, 4.69) is 0 Å². The lowest BCUT2D eigenvalue weighted by molar-refractivity contribution is -0.139. The van der Waals surface area contributed by atoms with E-state index in [-0.39, 0.29) is 11.3 Å². The number of ether oxygens (including phenoxy) is 2. The molecule has 0 spiro atoms. The van der Waals surface area contributed by atoms with Crippen molar-refractivity contribution in [2.75, 3.05) is 13.2 Å². The monoisotopic (exact) mass is 239 g/mol. The van der Waals surface area contributed by atoms with Crippen LogP contribution in [-0.4, -0.2) is 30.2 Å². The van der Waals surface area contributed by atoms with E-state index in [9.17, 15) is 9.59 Å². The quantitative estimate of drug-likeness (QED) is 0.759. The predicted octanol–water partition coefficient (Wildman–Crippen LogP) is 0.648. The lowest BCUT2D eigenvalue weighted by atomic mass is 10.2. The highest BCUT2D eigenvalue weighted by Crippen LogP contribution is 2.24. The summed E-state index contributed by atoms with van der Waals surface area (Å²) in [5.41, 5.74) is 5.26. The third-order valence-corrected chi connectivity index (χ3v) is 1.88. The van der Waals surface area contributed by atoms with Gasteiger partial charge < -0.3 is 20.3 Å². The molecule has 0 saturated carbocycles. The van der Waals surface area contributed by atoms with Crippen molar-refractivity contribution >= 4 is 11.9 Å². The van der Waals surface area contributed by atoms with Gasteiger partial charge in [-0.15, -0.1) is 0 Å². The minimum absolute atomic E-state index is 0.103. The number of carbonyl (C=O) groups excluding carboxylic acids is 1. The van der Waals surface area contributed by atoms with E-state index in [1.165, 1.54) is 12.1 Å². The Bertz CT molecular complexity index is 430. The summed E-state index contributed by atoms with van der Waals surface area (Å²) < 4.78 is 10.2. The van der Waals surface area contributed by atoms with E-state index in [1.807, 2.05) is 0 Å². The third kappa shape index (κ3) is 3.67. The number of rotatable bonds is 6. The molecule has 0 aliphatic rings. The van der Waals surface area contributed by atoms with Crippen molar-refractivity contribution in [3.8, 4) is 11.5 Å². The second-order valence-electron chi connectivity index (χ2n) is 3.14. The van der Waals surface area contributed by atoms with Gasteiger partial charge in [0.15, 0.2) is 6.61 Å². The highest BCUT2D eigenvalue weighted by atomic mass is 16.5. The van der Waals surface area contributed by atoms with Crippen LogP contribution >= 0.6 is 0 Å². The smallest absolute Gasteiger partial charge is 0.341 e. The van der Waals surface area contributed by atoms with Crippen LogP contribution in [0.2, 0.25) is 0 Å². The predicted molar refractivity (Wildman–Crippen MR) is 59.3 cm³/mol. The minimum atomic E-state index is -1.14. The number of carbonyl (C=O) groups is 2. The Hall–Kier alpha value is -2.24. The topological polar surface area (TPSA) is 98.9 Å². The van der Waals surface area contributed by atoms with E-state index < -0.39 is 18.5 Å². The van der Waals surface area contributed by atoms with Gasteiger partial charge in [-0.3, -0.25) is 4.79 Å². The number of aliphatic carboxylic acids is 1. The van der Waals surface area contributed by atoms with Crippen molar-refractivity contribution in [3.05, 3.63) is 23.8 Å². The van der Waals surface area contributed by atoms with E-state index in [4.69, 9.17) is 20.3 Å². The van der Waals surface area contributed by atoms with Gasteiger partial charge in [0.2, 0.25) is 0 Å². The van der Waals surface area contributed by atoms with Crippen molar-refractivity contribution < 1.29 is 24.2 Å². The van der Waals surface area contributed by atoms with Gasteiger partial charge in [0.25, 0.3) is 5.91 Å². The molecule has 0 aliphatic heterocycles. The number of carboxylic acid groups (broad SMARTS) is 1. The second kappa shape index (κ2) is 5.74. The lowest BCUT2D eigenvalue weighted by Gasteiger charge is -2.10. The van der Waals surface area contributed by atoms with E-state index in [1.54, 1.807) is 13.0 Å². The molecule has 17 heavy (non-hydrogen) atoms. The summed E-state index contributed by atoms with van der Waals surface area (Å²) in [6.07, 6.45) is 0. The van der Waals surface area contributed by atoms with Crippen LogP contribution in [0, 0.1) is 0 Å². The number of hydrogen-bond donors (Lipinski definition) is 2. The second-order valence-corrected chi connectivity index (χ2v) is 3.14. The molecule has 0 aliphatic carbocycles. The van der Waals surface area contributed by atoms with Gasteiger partial charge in [-0.1, -0.05) is 0 Å². The zero-order chi connectivity index (χ0) is 12.8. The standard InChI is InChI=1S/C11H13NO5/c1-2-16-7-3-4-8(11(12)15)9(5-7)17-6-10(13)14/h3-5H,2,6H2,1H3,(H2,12,15)(H,13,14). The first-order valence-corrected chi connectivity index (χ1v) is 4.95. The Labute approximate surface area is 97.9 Å². The van der Waals surface area contributed by atoms with E-state index >= 15 is 0 Å². The molecule has 1 aromatic rings. The van der Waals surface area contributed by atoms with Crippen molar-refractivity contribution in [1.29, 1.82) is 0 Å². The molecule has 1 rings (SSSR count). The molecular formula is C11H13NO5. The average molecular weight is 239 g/mol. The molecule has 0 radical (unpaired) electrons. The fourth-order valence-electron chi connectivity index (χ4n) is 1.22.